The van der Waals surface area contributed by atoms with Crippen molar-refractivity contribution in [3.05, 3.63) is 34.6 Å². The molecule has 118 valence electrons. The number of hydrogen-bond donors (Lipinski definition) is 1. The highest BCUT2D eigenvalue weighted by Gasteiger charge is 2.28. The van der Waals surface area contributed by atoms with Gasteiger partial charge in [-0.15, -0.1) is 0 Å². The number of hydrogen-bond acceptors (Lipinski definition) is 2. The maximum atomic E-state index is 13.8. The van der Waals surface area contributed by atoms with Crippen molar-refractivity contribution < 1.29 is 4.39 Å². The molecule has 1 heterocycles. The summed E-state index contributed by atoms with van der Waals surface area (Å²) in [6.07, 6.45) is 1.15. The number of piperazine rings is 1. The van der Waals surface area contributed by atoms with Crippen molar-refractivity contribution in [3.63, 3.8) is 0 Å². The summed E-state index contributed by atoms with van der Waals surface area (Å²) in [7, 11) is 0. The molecular weight excluding hydrogens is 263 g/mol. The highest BCUT2D eigenvalue weighted by Crippen LogP contribution is 2.21. The molecule has 2 rings (SSSR count). The van der Waals surface area contributed by atoms with Gasteiger partial charge in [0.1, 0.15) is 5.82 Å². The standard InChI is InChI=1S/C18H29FN2/c1-6-16-9-20-17(12(2)3)11-21(16)10-15-7-13(4)18(19)14(5)8-15/h7-8,12,16-17,20H,6,9-11H2,1-5H3. The molecule has 0 aromatic heterocycles. The van der Waals surface area contributed by atoms with Gasteiger partial charge in [0.05, 0.1) is 0 Å². The van der Waals surface area contributed by atoms with Gasteiger partial charge in [-0.2, -0.15) is 0 Å². The van der Waals surface area contributed by atoms with Gasteiger partial charge in [-0.25, -0.2) is 4.39 Å². The van der Waals surface area contributed by atoms with E-state index in [-0.39, 0.29) is 5.82 Å². The predicted molar refractivity (Wildman–Crippen MR) is 87.0 cm³/mol. The predicted octanol–water partition coefficient (Wildman–Crippen LogP) is 3.65. The molecule has 2 atom stereocenters. The Balaban J connectivity index is 2.15. The molecule has 1 saturated heterocycles. The Kier molecular flexibility index (Phi) is 5.39. The van der Waals surface area contributed by atoms with Crippen molar-refractivity contribution in [1.29, 1.82) is 0 Å². The minimum atomic E-state index is -0.0637. The van der Waals surface area contributed by atoms with E-state index in [0.717, 1.165) is 37.2 Å². The zero-order valence-corrected chi connectivity index (χ0v) is 14.0. The van der Waals surface area contributed by atoms with E-state index in [9.17, 15) is 4.39 Å². The normalized spacial score (nSPS) is 23.8. The van der Waals surface area contributed by atoms with Gasteiger partial charge in [0.15, 0.2) is 0 Å². The number of halogens is 1. The van der Waals surface area contributed by atoms with Crippen molar-refractivity contribution in [3.8, 4) is 0 Å². The van der Waals surface area contributed by atoms with Crippen LogP contribution in [-0.4, -0.2) is 30.1 Å². The van der Waals surface area contributed by atoms with Gasteiger partial charge in [0, 0.05) is 31.7 Å². The van der Waals surface area contributed by atoms with Crippen molar-refractivity contribution in [1.82, 2.24) is 10.2 Å². The highest BCUT2D eigenvalue weighted by molar-refractivity contribution is 5.30. The van der Waals surface area contributed by atoms with Gasteiger partial charge >= 0.3 is 0 Å². The molecule has 0 aliphatic carbocycles. The minimum Gasteiger partial charge on any atom is -0.311 e. The average molecular weight is 292 g/mol. The second-order valence-electron chi connectivity index (χ2n) is 6.79. The lowest BCUT2D eigenvalue weighted by molar-refractivity contribution is 0.103. The zero-order valence-electron chi connectivity index (χ0n) is 14.0. The molecule has 0 bridgehead atoms. The first kappa shape index (κ1) is 16.4. The second-order valence-corrected chi connectivity index (χ2v) is 6.79. The summed E-state index contributed by atoms with van der Waals surface area (Å²) in [6.45, 7) is 13.6. The fourth-order valence-corrected chi connectivity index (χ4v) is 3.29. The molecule has 1 aromatic rings. The van der Waals surface area contributed by atoms with E-state index < -0.39 is 0 Å². The monoisotopic (exact) mass is 292 g/mol. The molecular formula is C18H29FN2. The average Bonchev–Trinajstić information content (AvgIpc) is 2.44. The Morgan fingerprint density at radius 3 is 2.43 bits per heavy atom. The molecule has 0 spiro atoms. The van der Waals surface area contributed by atoms with Crippen LogP contribution in [0.3, 0.4) is 0 Å². The molecule has 1 N–H and O–H groups in total. The molecule has 1 aromatic carbocycles. The van der Waals surface area contributed by atoms with Crippen LogP contribution in [0.1, 0.15) is 43.9 Å². The molecule has 3 heteroatoms. The van der Waals surface area contributed by atoms with E-state index in [4.69, 9.17) is 0 Å². The fraction of sp³-hybridized carbons (Fsp3) is 0.667. The van der Waals surface area contributed by atoms with Crippen LogP contribution in [0.2, 0.25) is 0 Å². The van der Waals surface area contributed by atoms with Crippen LogP contribution in [0.25, 0.3) is 0 Å². The first-order valence-corrected chi connectivity index (χ1v) is 8.15. The molecule has 0 saturated carbocycles. The molecule has 0 radical (unpaired) electrons. The summed E-state index contributed by atoms with van der Waals surface area (Å²) in [5.74, 6) is 0.577. The van der Waals surface area contributed by atoms with Crippen LogP contribution < -0.4 is 5.32 Å². The Hall–Kier alpha value is -0.930. The summed E-state index contributed by atoms with van der Waals surface area (Å²) in [6, 6.07) is 5.13. The number of nitrogens with zero attached hydrogens (tertiary/aromatic N) is 1. The third kappa shape index (κ3) is 3.83. The van der Waals surface area contributed by atoms with Crippen LogP contribution in [0.5, 0.6) is 0 Å². The summed E-state index contributed by atoms with van der Waals surface area (Å²) in [5, 5.41) is 3.67. The van der Waals surface area contributed by atoms with E-state index >= 15 is 0 Å². The van der Waals surface area contributed by atoms with E-state index in [1.807, 2.05) is 26.0 Å². The Morgan fingerprint density at radius 1 is 1.29 bits per heavy atom. The van der Waals surface area contributed by atoms with E-state index in [1.165, 1.54) is 5.56 Å². The Bertz CT molecular complexity index is 461. The van der Waals surface area contributed by atoms with Crippen molar-refractivity contribution in [2.45, 2.75) is 59.7 Å². The second kappa shape index (κ2) is 6.89. The topological polar surface area (TPSA) is 15.3 Å². The van der Waals surface area contributed by atoms with Gasteiger partial charge in [-0.3, -0.25) is 4.90 Å². The van der Waals surface area contributed by atoms with Gasteiger partial charge < -0.3 is 5.32 Å². The largest absolute Gasteiger partial charge is 0.311 e. The van der Waals surface area contributed by atoms with Crippen molar-refractivity contribution in [2.24, 2.45) is 5.92 Å². The van der Waals surface area contributed by atoms with Crippen LogP contribution in [0.15, 0.2) is 12.1 Å². The fourth-order valence-electron chi connectivity index (χ4n) is 3.29. The minimum absolute atomic E-state index is 0.0637. The van der Waals surface area contributed by atoms with E-state index in [0.29, 0.717) is 18.0 Å². The number of rotatable bonds is 4. The number of benzene rings is 1. The summed E-state index contributed by atoms with van der Waals surface area (Å²) in [4.78, 5) is 2.56. The third-order valence-corrected chi connectivity index (χ3v) is 4.72. The van der Waals surface area contributed by atoms with Gasteiger partial charge in [-0.05, 0) is 42.9 Å². The number of nitrogens with one attached hydrogen (secondary N) is 1. The Labute approximate surface area is 128 Å². The van der Waals surface area contributed by atoms with E-state index in [2.05, 4.69) is 31.0 Å². The van der Waals surface area contributed by atoms with Crippen LogP contribution in [-0.2, 0) is 6.54 Å². The lowest BCUT2D eigenvalue weighted by Gasteiger charge is -2.41. The lowest BCUT2D eigenvalue weighted by Crippen LogP contribution is -2.57. The van der Waals surface area contributed by atoms with Crippen LogP contribution in [0, 0.1) is 25.6 Å². The quantitative estimate of drug-likeness (QED) is 0.911. The van der Waals surface area contributed by atoms with Crippen molar-refractivity contribution >= 4 is 0 Å². The molecule has 0 amide bonds. The highest BCUT2D eigenvalue weighted by atomic mass is 19.1. The van der Waals surface area contributed by atoms with Gasteiger partial charge in [-0.1, -0.05) is 32.9 Å². The molecule has 1 aliphatic rings. The summed E-state index contributed by atoms with van der Waals surface area (Å²) < 4.78 is 13.8. The third-order valence-electron chi connectivity index (χ3n) is 4.72. The lowest BCUT2D eigenvalue weighted by atomic mass is 9.97. The molecule has 2 unspecified atom stereocenters. The molecule has 1 fully saturated rings. The van der Waals surface area contributed by atoms with Crippen LogP contribution >= 0.6 is 0 Å². The summed E-state index contributed by atoms with van der Waals surface area (Å²) >= 11 is 0. The summed E-state index contributed by atoms with van der Waals surface area (Å²) in [5.41, 5.74) is 2.75. The first-order valence-electron chi connectivity index (χ1n) is 8.15. The molecule has 21 heavy (non-hydrogen) atoms. The first-order chi connectivity index (χ1) is 9.92. The van der Waals surface area contributed by atoms with Crippen molar-refractivity contribution in [2.75, 3.05) is 13.1 Å². The van der Waals surface area contributed by atoms with Gasteiger partial charge in [0.25, 0.3) is 0 Å². The smallest absolute Gasteiger partial charge is 0.129 e. The molecule has 1 aliphatic heterocycles. The van der Waals surface area contributed by atoms with E-state index in [1.54, 1.807) is 0 Å². The van der Waals surface area contributed by atoms with Gasteiger partial charge in [0.2, 0.25) is 0 Å². The maximum Gasteiger partial charge on any atom is 0.129 e. The molecule has 2 nitrogen and oxygen atoms in total. The SMILES string of the molecule is CCC1CNC(C(C)C)CN1Cc1cc(C)c(F)c(C)c1. The Morgan fingerprint density at radius 2 is 1.90 bits per heavy atom. The van der Waals surface area contributed by atoms with Crippen LogP contribution in [0.4, 0.5) is 4.39 Å². The maximum absolute atomic E-state index is 13.8. The number of aryl methyl sites for hydroxylation is 2. The zero-order chi connectivity index (χ0) is 15.6.